The van der Waals surface area contributed by atoms with Gasteiger partial charge in [0, 0.05) is 24.9 Å². The van der Waals surface area contributed by atoms with Crippen molar-refractivity contribution in [1.29, 1.82) is 0 Å². The molecule has 1 aliphatic rings. The van der Waals surface area contributed by atoms with Gasteiger partial charge in [0.15, 0.2) is 5.78 Å². The van der Waals surface area contributed by atoms with Crippen LogP contribution in [0.3, 0.4) is 0 Å². The number of ether oxygens (including phenoxy) is 2. The maximum absolute atomic E-state index is 12.7. The van der Waals surface area contributed by atoms with E-state index in [-0.39, 0.29) is 11.7 Å². The Hall–Kier alpha value is -2.61. The molecule has 1 fully saturated rings. The monoisotopic (exact) mass is 516 g/mol. The number of methoxy groups -OCH3 is 2. The van der Waals surface area contributed by atoms with E-state index >= 15 is 0 Å². The number of hydrogen-bond donors (Lipinski definition) is 2. The van der Waals surface area contributed by atoms with Crippen molar-refractivity contribution in [1.82, 2.24) is 10.2 Å². The molecule has 1 aliphatic heterocycles. The topological polar surface area (TPSA) is 88.1 Å². The van der Waals surface area contributed by atoms with Crippen LogP contribution in [0.15, 0.2) is 42.5 Å². The fourth-order valence-corrected chi connectivity index (χ4v) is 4.78. The first kappa shape index (κ1) is 28.0. The van der Waals surface area contributed by atoms with Crippen LogP contribution in [0.25, 0.3) is 0 Å². The molecule has 196 valence electrons. The number of unbranched alkanes of at least 4 members (excludes halogenated alkanes) is 2. The number of aliphatic hydroxyl groups excluding tert-OH is 1. The summed E-state index contributed by atoms with van der Waals surface area (Å²) in [7, 11) is 3.14. The van der Waals surface area contributed by atoms with Crippen molar-refractivity contribution in [3.63, 3.8) is 0 Å². The van der Waals surface area contributed by atoms with E-state index in [9.17, 15) is 14.7 Å². The number of ketones is 1. The van der Waals surface area contributed by atoms with Gasteiger partial charge in [0.1, 0.15) is 17.6 Å². The lowest BCUT2D eigenvalue weighted by atomic mass is 10.0. The van der Waals surface area contributed by atoms with Gasteiger partial charge in [-0.3, -0.25) is 9.59 Å². The maximum Gasteiger partial charge on any atom is 0.220 e. The molecule has 0 aromatic heterocycles. The maximum atomic E-state index is 12.7. The van der Waals surface area contributed by atoms with E-state index in [1.54, 1.807) is 56.7 Å². The van der Waals surface area contributed by atoms with E-state index in [0.717, 1.165) is 44.5 Å². The van der Waals surface area contributed by atoms with Gasteiger partial charge in [-0.1, -0.05) is 24.1 Å². The first-order valence-electron chi connectivity index (χ1n) is 12.6. The third-order valence-electron chi connectivity index (χ3n) is 6.62. The number of amides is 1. The van der Waals surface area contributed by atoms with Gasteiger partial charge in [-0.2, -0.15) is 0 Å². The number of Topliss-reactive ketones (excluding diaryl/α,β-unsaturated/α-hetero) is 1. The molecule has 0 bridgehead atoms. The fraction of sp³-hybridized carbons (Fsp3) is 0.500. The van der Waals surface area contributed by atoms with Crippen LogP contribution in [-0.4, -0.2) is 61.6 Å². The second-order valence-corrected chi connectivity index (χ2v) is 9.64. The van der Waals surface area contributed by atoms with Crippen LogP contribution in [0.4, 0.5) is 0 Å². The normalized spacial score (nSPS) is 15.3. The lowest BCUT2D eigenvalue weighted by Gasteiger charge is -2.29. The number of likely N-dealkylation sites (tertiary alicyclic amines) is 1. The first-order chi connectivity index (χ1) is 17.4. The van der Waals surface area contributed by atoms with Crippen LogP contribution in [0.2, 0.25) is 5.02 Å². The average Bonchev–Trinajstić information content (AvgIpc) is 3.40. The summed E-state index contributed by atoms with van der Waals surface area (Å²) in [4.78, 5) is 27.4. The molecule has 0 spiro atoms. The minimum Gasteiger partial charge on any atom is -0.497 e. The molecule has 3 rings (SSSR count). The fourth-order valence-electron chi connectivity index (χ4n) is 4.51. The van der Waals surface area contributed by atoms with Crippen molar-refractivity contribution in [2.45, 2.75) is 57.1 Å². The summed E-state index contributed by atoms with van der Waals surface area (Å²) in [6.07, 6.45) is 4.35. The van der Waals surface area contributed by atoms with Crippen LogP contribution in [0.5, 0.6) is 11.5 Å². The minimum absolute atomic E-state index is 0.0917. The van der Waals surface area contributed by atoms with Crippen LogP contribution in [-0.2, 0) is 4.79 Å². The van der Waals surface area contributed by atoms with E-state index in [1.807, 2.05) is 0 Å². The molecule has 8 heteroatoms. The molecule has 1 heterocycles. The Balaban J connectivity index is 1.48. The van der Waals surface area contributed by atoms with Gasteiger partial charge in [0.05, 0.1) is 25.3 Å². The number of nitrogens with zero attached hydrogens (tertiary/aromatic N) is 1. The molecule has 1 amide bonds. The van der Waals surface area contributed by atoms with Crippen LogP contribution < -0.4 is 14.8 Å². The highest BCUT2D eigenvalue weighted by Gasteiger charge is 2.27. The van der Waals surface area contributed by atoms with Crippen LogP contribution >= 0.6 is 11.6 Å². The summed E-state index contributed by atoms with van der Waals surface area (Å²) in [6, 6.07) is 11.9. The number of benzene rings is 2. The SMILES string of the molecule is COc1ccc(C(=O)CCCCCC(=O)N[C@H](CN2CCCC2)[C@H](O)c2ccc(OC)c(Cl)c2)cc1. The van der Waals surface area contributed by atoms with Crippen molar-refractivity contribution in [3.05, 3.63) is 58.6 Å². The Labute approximate surface area is 218 Å². The average molecular weight is 517 g/mol. The van der Waals surface area contributed by atoms with Gasteiger partial charge in [0.25, 0.3) is 0 Å². The molecular formula is C28H37ClN2O5. The van der Waals surface area contributed by atoms with Crippen molar-refractivity contribution in [2.75, 3.05) is 33.9 Å². The minimum atomic E-state index is -0.889. The van der Waals surface area contributed by atoms with Crippen molar-refractivity contribution in [3.8, 4) is 11.5 Å². The smallest absolute Gasteiger partial charge is 0.220 e. The molecule has 2 atom stereocenters. The Morgan fingerprint density at radius 2 is 1.69 bits per heavy atom. The highest BCUT2D eigenvalue weighted by molar-refractivity contribution is 6.32. The highest BCUT2D eigenvalue weighted by Crippen LogP contribution is 2.29. The van der Waals surface area contributed by atoms with E-state index in [0.29, 0.717) is 47.7 Å². The number of halogens is 1. The van der Waals surface area contributed by atoms with E-state index in [4.69, 9.17) is 21.1 Å². The van der Waals surface area contributed by atoms with Gasteiger partial charge < -0.3 is 24.8 Å². The molecule has 36 heavy (non-hydrogen) atoms. The zero-order valence-electron chi connectivity index (χ0n) is 21.2. The van der Waals surface area contributed by atoms with Gasteiger partial charge in [0.2, 0.25) is 5.91 Å². The number of carbonyl (C=O) groups is 2. The van der Waals surface area contributed by atoms with Gasteiger partial charge in [-0.15, -0.1) is 0 Å². The molecule has 0 saturated carbocycles. The third kappa shape index (κ3) is 8.22. The van der Waals surface area contributed by atoms with Gasteiger partial charge >= 0.3 is 0 Å². The number of carbonyl (C=O) groups excluding carboxylic acids is 2. The molecular weight excluding hydrogens is 480 g/mol. The lowest BCUT2D eigenvalue weighted by Crippen LogP contribution is -2.46. The summed E-state index contributed by atoms with van der Waals surface area (Å²) in [5, 5.41) is 14.6. The van der Waals surface area contributed by atoms with Gasteiger partial charge in [-0.05, 0) is 80.7 Å². The molecule has 2 aromatic rings. The summed E-state index contributed by atoms with van der Waals surface area (Å²) >= 11 is 6.26. The van der Waals surface area contributed by atoms with E-state index < -0.39 is 12.1 Å². The summed E-state index contributed by atoms with van der Waals surface area (Å²) in [6.45, 7) is 2.50. The molecule has 2 aromatic carbocycles. The summed E-state index contributed by atoms with van der Waals surface area (Å²) in [5.74, 6) is 1.26. The van der Waals surface area contributed by atoms with E-state index in [2.05, 4.69) is 10.2 Å². The predicted octanol–water partition coefficient (Wildman–Crippen LogP) is 4.80. The molecule has 7 nitrogen and oxygen atoms in total. The standard InChI is InChI=1S/C28H37ClN2O5/c1-35-22-13-10-20(11-14-22)25(32)8-4-3-5-9-27(33)30-24(19-31-16-6-7-17-31)28(34)21-12-15-26(36-2)23(29)18-21/h10-15,18,24,28,34H,3-9,16-17,19H2,1-2H3,(H,30,33)/t24-,28-/m1/s1. The second kappa shape index (κ2) is 14.2. The number of nitrogens with one attached hydrogen (secondary N) is 1. The molecule has 0 radical (unpaired) electrons. The zero-order chi connectivity index (χ0) is 25.9. The molecule has 0 aliphatic carbocycles. The lowest BCUT2D eigenvalue weighted by molar-refractivity contribution is -0.123. The third-order valence-corrected chi connectivity index (χ3v) is 6.91. The predicted molar refractivity (Wildman–Crippen MR) is 141 cm³/mol. The molecule has 2 N–H and O–H groups in total. The Morgan fingerprint density at radius 1 is 1.00 bits per heavy atom. The second-order valence-electron chi connectivity index (χ2n) is 9.23. The zero-order valence-corrected chi connectivity index (χ0v) is 21.9. The number of hydrogen-bond acceptors (Lipinski definition) is 6. The quantitative estimate of drug-likeness (QED) is 0.277. The van der Waals surface area contributed by atoms with E-state index in [1.165, 1.54) is 0 Å². The van der Waals surface area contributed by atoms with Gasteiger partial charge in [-0.25, -0.2) is 0 Å². The largest absolute Gasteiger partial charge is 0.497 e. The molecule has 0 unspecified atom stereocenters. The van der Waals surface area contributed by atoms with Crippen LogP contribution in [0.1, 0.15) is 67.0 Å². The van der Waals surface area contributed by atoms with Crippen molar-refractivity contribution < 1.29 is 24.2 Å². The molecule has 1 saturated heterocycles. The number of aliphatic hydroxyl groups is 1. The van der Waals surface area contributed by atoms with Crippen molar-refractivity contribution in [2.24, 2.45) is 0 Å². The first-order valence-corrected chi connectivity index (χ1v) is 13.0. The van der Waals surface area contributed by atoms with Crippen molar-refractivity contribution >= 4 is 23.3 Å². The highest BCUT2D eigenvalue weighted by atomic mass is 35.5. The van der Waals surface area contributed by atoms with Crippen LogP contribution in [0, 0.1) is 0 Å². The Bertz CT molecular complexity index is 992. The summed E-state index contributed by atoms with van der Waals surface area (Å²) in [5.41, 5.74) is 1.31. The summed E-state index contributed by atoms with van der Waals surface area (Å²) < 4.78 is 10.3. The number of rotatable bonds is 14. The Morgan fingerprint density at radius 3 is 2.33 bits per heavy atom. The Kier molecular flexibility index (Phi) is 11.0.